The first-order valence-corrected chi connectivity index (χ1v) is 18.7. The Morgan fingerprint density at radius 3 is 1.37 bits per heavy atom. The van der Waals surface area contributed by atoms with Crippen LogP contribution in [-0.4, -0.2) is 31.0 Å². The van der Waals surface area contributed by atoms with Gasteiger partial charge in [-0.05, 0) is 46.9 Å². The van der Waals surface area contributed by atoms with Gasteiger partial charge in [0.2, 0.25) is 0 Å². The Bertz CT molecular complexity index is 1960. The third-order valence-electron chi connectivity index (χ3n) is 9.59. The monoisotopic (exact) mass is 720 g/mol. The summed E-state index contributed by atoms with van der Waals surface area (Å²) in [4.78, 5) is 0. The first-order valence-electron chi connectivity index (χ1n) is 18.7. The van der Waals surface area contributed by atoms with E-state index in [0.717, 1.165) is 44.7 Å². The molecule has 0 amide bonds. The fourth-order valence-electron chi connectivity index (χ4n) is 6.80. The molecule has 0 aromatic heterocycles. The van der Waals surface area contributed by atoms with Crippen molar-refractivity contribution in [2.24, 2.45) is 0 Å². The Kier molecular flexibility index (Phi) is 13.3. The molecule has 0 bridgehead atoms. The van der Waals surface area contributed by atoms with Crippen molar-refractivity contribution in [2.45, 2.75) is 70.5 Å². The quantitative estimate of drug-likeness (QED) is 0.0936. The normalized spacial score (nSPS) is 19.7. The van der Waals surface area contributed by atoms with Crippen LogP contribution < -0.4 is 4.74 Å². The molecule has 1 saturated heterocycles. The molecule has 276 valence electrons. The molecule has 0 radical (unpaired) electrons. The molecule has 1 aliphatic heterocycles. The molecule has 1 heterocycles. The molecule has 1 fully saturated rings. The summed E-state index contributed by atoms with van der Waals surface area (Å²) in [5, 5.41) is 0. The van der Waals surface area contributed by atoms with E-state index in [1.54, 1.807) is 0 Å². The third-order valence-corrected chi connectivity index (χ3v) is 9.59. The van der Waals surface area contributed by atoms with E-state index in [4.69, 9.17) is 28.4 Å². The van der Waals surface area contributed by atoms with E-state index in [1.165, 1.54) is 0 Å². The zero-order valence-electron chi connectivity index (χ0n) is 30.7. The second-order valence-electron chi connectivity index (χ2n) is 13.7. The Morgan fingerprint density at radius 2 is 0.870 bits per heavy atom. The van der Waals surface area contributed by atoms with Gasteiger partial charge in [0.15, 0.2) is 0 Å². The summed E-state index contributed by atoms with van der Waals surface area (Å²) in [6.45, 7) is 4.34. The van der Waals surface area contributed by atoms with Gasteiger partial charge in [-0.1, -0.05) is 163 Å². The first-order chi connectivity index (χ1) is 26.7. The molecule has 6 aromatic carbocycles. The molecule has 6 heteroatoms. The van der Waals surface area contributed by atoms with Crippen LogP contribution in [0.25, 0.3) is 0 Å². The summed E-state index contributed by atoms with van der Waals surface area (Å²) in [7, 11) is 0. The van der Waals surface area contributed by atoms with Gasteiger partial charge in [-0.3, -0.25) is 0 Å². The first kappa shape index (κ1) is 37.2. The Hall–Kier alpha value is -5.08. The van der Waals surface area contributed by atoms with Crippen molar-refractivity contribution >= 4 is 0 Å². The van der Waals surface area contributed by atoms with Gasteiger partial charge >= 0.3 is 0 Å². The highest BCUT2D eigenvalue weighted by Gasteiger charge is 2.49. The summed E-state index contributed by atoms with van der Waals surface area (Å²) in [5.74, 6) is 0.734. The lowest BCUT2D eigenvalue weighted by Gasteiger charge is -2.46. The molecule has 0 N–H and O–H groups in total. The molecule has 0 saturated carbocycles. The van der Waals surface area contributed by atoms with Gasteiger partial charge in [0.1, 0.15) is 42.9 Å². The second-order valence-corrected chi connectivity index (χ2v) is 13.7. The van der Waals surface area contributed by atoms with Crippen molar-refractivity contribution in [2.75, 3.05) is 6.61 Å². The summed E-state index contributed by atoms with van der Waals surface area (Å²) in [6.07, 6.45) is -2.70. The zero-order valence-corrected chi connectivity index (χ0v) is 30.7. The summed E-state index contributed by atoms with van der Waals surface area (Å²) < 4.78 is 41.0. The molecule has 0 unspecified atom stereocenters. The van der Waals surface area contributed by atoms with Crippen LogP contribution >= 0.6 is 0 Å². The molecule has 0 spiro atoms. The van der Waals surface area contributed by atoms with Crippen LogP contribution in [0.3, 0.4) is 0 Å². The summed E-state index contributed by atoms with van der Waals surface area (Å²) in [5.41, 5.74) is 7.32. The van der Waals surface area contributed by atoms with E-state index in [-0.39, 0.29) is 6.61 Å². The van der Waals surface area contributed by atoms with Crippen LogP contribution in [0, 0.1) is 6.92 Å². The van der Waals surface area contributed by atoms with Gasteiger partial charge in [-0.15, -0.1) is 0 Å². The highest BCUT2D eigenvalue weighted by molar-refractivity contribution is 5.40. The lowest BCUT2D eigenvalue weighted by molar-refractivity contribution is -0.275. The largest absolute Gasteiger partial charge is 0.489 e. The minimum atomic E-state index is -0.569. The lowest BCUT2D eigenvalue weighted by atomic mass is 9.89. The maximum atomic E-state index is 7.21. The molecule has 6 nitrogen and oxygen atoms in total. The standard InChI is InChI=1S/C48H48O6/c1-36-27-28-43(50-31-38-19-9-3-10-20-38)42(29-36)45-47(52-33-40-23-13-5-14-24-40)48(53-34-41-25-15-6-16-26-41)46(51-32-39-21-11-4-12-22-39)44(54-45)35-49-30-37-17-7-2-8-18-37/h2-29,44-48H,30-35H2,1H3/t44-,45+,46-,47+,48+/m1/s1. The number of ether oxygens (including phenoxy) is 6. The van der Waals surface area contributed by atoms with E-state index < -0.39 is 30.5 Å². The van der Waals surface area contributed by atoms with Gasteiger partial charge < -0.3 is 28.4 Å². The van der Waals surface area contributed by atoms with Crippen LogP contribution in [-0.2, 0) is 56.7 Å². The topological polar surface area (TPSA) is 55.4 Å². The van der Waals surface area contributed by atoms with Crippen molar-refractivity contribution < 1.29 is 28.4 Å². The molecule has 6 aromatic rings. The average Bonchev–Trinajstić information content (AvgIpc) is 3.23. The van der Waals surface area contributed by atoms with E-state index in [9.17, 15) is 0 Å². The smallest absolute Gasteiger partial charge is 0.125 e. The summed E-state index contributed by atoms with van der Waals surface area (Å²) >= 11 is 0. The highest BCUT2D eigenvalue weighted by atomic mass is 16.6. The minimum Gasteiger partial charge on any atom is -0.489 e. The number of rotatable bonds is 17. The van der Waals surface area contributed by atoms with Gasteiger partial charge in [0.25, 0.3) is 0 Å². The SMILES string of the molecule is Cc1ccc(OCc2ccccc2)c([C@@H]2O[C@H](COCc3ccccc3)[C@@H](OCc3ccccc3)[C@H](OCc3ccccc3)[C@H]2OCc2ccccc2)c1. The van der Waals surface area contributed by atoms with Gasteiger partial charge in [0, 0.05) is 5.56 Å². The van der Waals surface area contributed by atoms with Crippen molar-refractivity contribution in [3.8, 4) is 5.75 Å². The number of hydrogen-bond donors (Lipinski definition) is 0. The predicted octanol–water partition coefficient (Wildman–Crippen LogP) is 9.99. The van der Waals surface area contributed by atoms with E-state index >= 15 is 0 Å². The highest BCUT2D eigenvalue weighted by Crippen LogP contribution is 2.42. The molecule has 5 atom stereocenters. The predicted molar refractivity (Wildman–Crippen MR) is 211 cm³/mol. The van der Waals surface area contributed by atoms with Crippen LogP contribution in [0.15, 0.2) is 170 Å². The number of hydrogen-bond acceptors (Lipinski definition) is 6. The van der Waals surface area contributed by atoms with Crippen LogP contribution in [0.2, 0.25) is 0 Å². The molecule has 54 heavy (non-hydrogen) atoms. The van der Waals surface area contributed by atoms with E-state index in [1.807, 2.05) is 97.1 Å². The molecule has 0 aliphatic carbocycles. The Balaban J connectivity index is 1.27. The Morgan fingerprint density at radius 1 is 0.444 bits per heavy atom. The number of aryl methyl sites for hydroxylation is 1. The van der Waals surface area contributed by atoms with Crippen LogP contribution in [0.1, 0.15) is 45.0 Å². The van der Waals surface area contributed by atoms with Gasteiger partial charge in [-0.2, -0.15) is 0 Å². The van der Waals surface area contributed by atoms with Crippen molar-refractivity contribution in [1.29, 1.82) is 0 Å². The third kappa shape index (κ3) is 10.3. The van der Waals surface area contributed by atoms with Crippen molar-refractivity contribution in [3.63, 3.8) is 0 Å². The van der Waals surface area contributed by atoms with Crippen LogP contribution in [0.5, 0.6) is 5.75 Å². The molecular formula is C48H48O6. The summed E-state index contributed by atoms with van der Waals surface area (Å²) in [6, 6.07) is 57.3. The maximum absolute atomic E-state index is 7.21. The van der Waals surface area contributed by atoms with Gasteiger partial charge in [-0.25, -0.2) is 0 Å². The fourth-order valence-corrected chi connectivity index (χ4v) is 6.80. The lowest BCUT2D eigenvalue weighted by Crippen LogP contribution is -2.58. The maximum Gasteiger partial charge on any atom is 0.125 e. The van der Waals surface area contributed by atoms with E-state index in [2.05, 4.69) is 79.7 Å². The van der Waals surface area contributed by atoms with Crippen molar-refractivity contribution in [1.82, 2.24) is 0 Å². The molecule has 1 aliphatic rings. The average molecular weight is 721 g/mol. The van der Waals surface area contributed by atoms with Crippen molar-refractivity contribution in [3.05, 3.63) is 209 Å². The van der Waals surface area contributed by atoms with Gasteiger partial charge in [0.05, 0.1) is 33.0 Å². The minimum absolute atomic E-state index is 0.285. The van der Waals surface area contributed by atoms with E-state index in [0.29, 0.717) is 33.0 Å². The van der Waals surface area contributed by atoms with Crippen LogP contribution in [0.4, 0.5) is 0 Å². The molecule has 7 rings (SSSR count). The second kappa shape index (κ2) is 19.3. The fraction of sp³-hybridized carbons (Fsp3) is 0.250. The number of benzene rings is 6. The zero-order chi connectivity index (χ0) is 36.8. The molecular weight excluding hydrogens is 673 g/mol. The Labute approximate surface area is 319 Å².